The largest absolute Gasteiger partial charge is 0.309 e. The van der Waals surface area contributed by atoms with Crippen molar-refractivity contribution in [3.05, 3.63) is 252 Å². The lowest BCUT2D eigenvalue weighted by molar-refractivity contribution is 0.652. The zero-order valence-electron chi connectivity index (χ0n) is 39.8. The molecule has 0 radical (unpaired) electrons. The Bertz CT molecular complexity index is 4140. The molecule has 2 nitrogen and oxygen atoms in total. The van der Waals surface area contributed by atoms with E-state index in [1.54, 1.807) is 0 Å². The van der Waals surface area contributed by atoms with Gasteiger partial charge in [-0.3, -0.25) is 0 Å². The van der Waals surface area contributed by atoms with Gasteiger partial charge in [0.15, 0.2) is 0 Å². The van der Waals surface area contributed by atoms with Crippen molar-refractivity contribution in [3.63, 3.8) is 0 Å². The fourth-order valence-electron chi connectivity index (χ4n) is 12.3. The van der Waals surface area contributed by atoms with Gasteiger partial charge in [0.1, 0.15) is 0 Å². The molecular weight excluding hydrogens is 845 g/mol. The van der Waals surface area contributed by atoms with Crippen LogP contribution in [-0.2, 0) is 10.8 Å². The first-order valence-corrected chi connectivity index (χ1v) is 24.7. The van der Waals surface area contributed by atoms with Crippen LogP contribution in [0.3, 0.4) is 0 Å². The molecule has 0 amide bonds. The van der Waals surface area contributed by atoms with E-state index in [0.29, 0.717) is 0 Å². The maximum absolute atomic E-state index is 2.53. The van der Waals surface area contributed by atoms with Gasteiger partial charge in [-0.25, -0.2) is 0 Å². The van der Waals surface area contributed by atoms with Gasteiger partial charge in [0.2, 0.25) is 0 Å². The average Bonchev–Trinajstić information content (AvgIpc) is 4.06. The first-order valence-electron chi connectivity index (χ1n) is 24.7. The first-order chi connectivity index (χ1) is 34.2. The molecule has 14 rings (SSSR count). The molecule has 0 atom stereocenters. The molecule has 0 N–H and O–H groups in total. The highest BCUT2D eigenvalue weighted by Crippen LogP contribution is 2.57. The summed E-state index contributed by atoms with van der Waals surface area (Å²) in [4.78, 5) is 0. The number of aromatic nitrogens is 2. The lowest BCUT2D eigenvalue weighted by atomic mass is 9.79. The maximum atomic E-state index is 2.53. The van der Waals surface area contributed by atoms with Crippen LogP contribution in [0, 0.1) is 0 Å². The second kappa shape index (κ2) is 15.0. The fourth-order valence-corrected chi connectivity index (χ4v) is 12.3. The smallest absolute Gasteiger partial charge is 0.0541 e. The zero-order chi connectivity index (χ0) is 46.9. The minimum Gasteiger partial charge on any atom is -0.309 e. The van der Waals surface area contributed by atoms with Crippen LogP contribution in [0.1, 0.15) is 61.1 Å². The van der Waals surface area contributed by atoms with E-state index in [9.17, 15) is 0 Å². The Kier molecular flexibility index (Phi) is 8.71. The maximum Gasteiger partial charge on any atom is 0.0541 e. The zero-order valence-corrected chi connectivity index (χ0v) is 39.8. The van der Waals surface area contributed by atoms with Crippen LogP contribution in [0.5, 0.6) is 0 Å². The normalized spacial score (nSPS) is 14.2. The molecule has 2 aromatic heterocycles. The minimum absolute atomic E-state index is 0.145. The number of rotatable bonds is 6. The van der Waals surface area contributed by atoms with Gasteiger partial charge in [-0.05, 0) is 163 Å². The number of benzene rings is 10. The van der Waals surface area contributed by atoms with Gasteiger partial charge in [0.05, 0.1) is 22.1 Å². The molecule has 0 saturated heterocycles. The molecule has 0 aliphatic heterocycles. The predicted octanol–water partition coefficient (Wildman–Crippen LogP) is 18.0. The second-order valence-corrected chi connectivity index (χ2v) is 20.6. The van der Waals surface area contributed by atoms with E-state index in [-0.39, 0.29) is 10.8 Å². The van der Waals surface area contributed by atoms with Crippen LogP contribution >= 0.6 is 0 Å². The SMILES string of the molecule is CC1(C)c2cc(-c3ccc(C=Cc4ccc5c(c4)c4ccccc4n5-c4ccccc4)cc3)ccc2-c2cc3c(cc21)-c1ccc(-c2ccc4c(c2)c2ccccc2n4-c2ccccc2)cc1C3(C)C. The summed E-state index contributed by atoms with van der Waals surface area (Å²) in [6, 6.07) is 81.1. The number of hydrogen-bond donors (Lipinski definition) is 0. The molecule has 332 valence electrons. The third-order valence-electron chi connectivity index (χ3n) is 15.9. The summed E-state index contributed by atoms with van der Waals surface area (Å²) in [6.07, 6.45) is 4.47. The van der Waals surface area contributed by atoms with Crippen molar-refractivity contribution >= 4 is 55.8 Å². The Morgan fingerprint density at radius 3 is 1.23 bits per heavy atom. The summed E-state index contributed by atoms with van der Waals surface area (Å²) in [6.45, 7) is 9.65. The second-order valence-electron chi connectivity index (χ2n) is 20.6. The molecule has 2 aliphatic carbocycles. The van der Waals surface area contributed by atoms with Crippen LogP contribution < -0.4 is 0 Å². The molecule has 12 aromatic rings. The van der Waals surface area contributed by atoms with Gasteiger partial charge in [-0.1, -0.05) is 173 Å². The third-order valence-corrected chi connectivity index (χ3v) is 15.9. The topological polar surface area (TPSA) is 9.86 Å². The van der Waals surface area contributed by atoms with Gasteiger partial charge in [-0.15, -0.1) is 0 Å². The Labute approximate surface area is 409 Å². The van der Waals surface area contributed by atoms with Crippen LogP contribution in [0.2, 0.25) is 0 Å². The molecule has 10 aromatic carbocycles. The van der Waals surface area contributed by atoms with Crippen LogP contribution in [0.15, 0.2) is 218 Å². The van der Waals surface area contributed by atoms with Gasteiger partial charge in [0, 0.05) is 43.7 Å². The summed E-state index contributed by atoms with van der Waals surface area (Å²) < 4.78 is 4.76. The summed E-state index contributed by atoms with van der Waals surface area (Å²) in [7, 11) is 0. The van der Waals surface area contributed by atoms with E-state index >= 15 is 0 Å². The molecular formula is C68H50N2. The van der Waals surface area contributed by atoms with Crippen LogP contribution in [-0.4, -0.2) is 9.13 Å². The first kappa shape index (κ1) is 40.6. The highest BCUT2D eigenvalue weighted by atomic mass is 15.0. The van der Waals surface area contributed by atoms with Crippen molar-refractivity contribution in [2.75, 3.05) is 0 Å². The summed E-state index contributed by atoms with van der Waals surface area (Å²) in [5.74, 6) is 0. The quantitative estimate of drug-likeness (QED) is 0.147. The summed E-state index contributed by atoms with van der Waals surface area (Å²) in [5, 5.41) is 5.09. The highest BCUT2D eigenvalue weighted by Gasteiger charge is 2.42. The number of para-hydroxylation sites is 4. The lowest BCUT2D eigenvalue weighted by Crippen LogP contribution is -2.17. The van der Waals surface area contributed by atoms with Crippen molar-refractivity contribution in [3.8, 4) is 55.9 Å². The molecule has 70 heavy (non-hydrogen) atoms. The Morgan fingerprint density at radius 2 is 0.671 bits per heavy atom. The molecule has 0 fully saturated rings. The molecule has 0 unspecified atom stereocenters. The van der Waals surface area contributed by atoms with E-state index in [4.69, 9.17) is 0 Å². The van der Waals surface area contributed by atoms with E-state index in [1.165, 1.54) is 133 Å². The number of fused-ring (bicyclic) bond motifs is 12. The average molecular weight is 895 g/mol. The predicted molar refractivity (Wildman–Crippen MR) is 296 cm³/mol. The van der Waals surface area contributed by atoms with Gasteiger partial charge in [-0.2, -0.15) is 0 Å². The number of nitrogens with zero attached hydrogens (tertiary/aromatic N) is 2. The van der Waals surface area contributed by atoms with Crippen LogP contribution in [0.25, 0.3) is 112 Å². The van der Waals surface area contributed by atoms with Crippen molar-refractivity contribution in [1.82, 2.24) is 9.13 Å². The van der Waals surface area contributed by atoms with Crippen molar-refractivity contribution in [2.24, 2.45) is 0 Å². The number of hydrogen-bond acceptors (Lipinski definition) is 0. The molecule has 0 bridgehead atoms. The van der Waals surface area contributed by atoms with E-state index in [1.807, 2.05) is 0 Å². The van der Waals surface area contributed by atoms with Gasteiger partial charge in [0.25, 0.3) is 0 Å². The lowest BCUT2D eigenvalue weighted by Gasteiger charge is -2.24. The van der Waals surface area contributed by atoms with Gasteiger partial charge < -0.3 is 9.13 Å². The molecule has 2 aliphatic rings. The van der Waals surface area contributed by atoms with E-state index in [0.717, 1.165) is 0 Å². The minimum atomic E-state index is -0.151. The molecule has 0 saturated carbocycles. The molecule has 2 heterocycles. The summed E-state index contributed by atoms with van der Waals surface area (Å²) >= 11 is 0. The summed E-state index contributed by atoms with van der Waals surface area (Å²) in [5.41, 5.74) is 25.4. The third kappa shape index (κ3) is 5.99. The van der Waals surface area contributed by atoms with Crippen molar-refractivity contribution in [2.45, 2.75) is 38.5 Å². The Morgan fingerprint density at radius 1 is 0.286 bits per heavy atom. The highest BCUT2D eigenvalue weighted by molar-refractivity contribution is 6.11. The Balaban J connectivity index is 0.751. The Hall–Kier alpha value is -8.46. The van der Waals surface area contributed by atoms with E-state index in [2.05, 4.69) is 267 Å². The van der Waals surface area contributed by atoms with Gasteiger partial charge >= 0.3 is 0 Å². The van der Waals surface area contributed by atoms with Crippen molar-refractivity contribution < 1.29 is 0 Å². The monoisotopic (exact) mass is 894 g/mol. The molecule has 2 heteroatoms. The van der Waals surface area contributed by atoms with E-state index < -0.39 is 0 Å². The van der Waals surface area contributed by atoms with Crippen molar-refractivity contribution in [1.29, 1.82) is 0 Å². The van der Waals surface area contributed by atoms with Crippen LogP contribution in [0.4, 0.5) is 0 Å². The fraction of sp³-hybridized carbons (Fsp3) is 0.0882. The standard InChI is InChI=1S/C68H50N2/c1-67(2)59-39-47(45-28-25-43(26-29-45)23-24-44-27-35-65-57(37-44)53-19-11-13-21-63(53)69(65)49-15-7-5-8-16-49)30-33-51(59)55-41-62-56(42-61(55)67)52-34-31-48(40-60(52)68(62,3)4)46-32-36-66-58(38-46)54-20-12-14-22-64(54)70(66)50-17-9-6-10-18-50/h5-42H,1-4H3. The molecule has 0 spiro atoms.